The van der Waals surface area contributed by atoms with Crippen molar-refractivity contribution < 1.29 is 9.53 Å². The summed E-state index contributed by atoms with van der Waals surface area (Å²) in [7, 11) is 0. The molecule has 0 aliphatic heterocycles. The van der Waals surface area contributed by atoms with E-state index in [4.69, 9.17) is 4.74 Å². The third-order valence-corrected chi connectivity index (χ3v) is 2.07. The Labute approximate surface area is 87.3 Å². The molecule has 0 aromatic carbocycles. The molecule has 0 aliphatic carbocycles. The first-order valence-electron chi connectivity index (χ1n) is 5.26. The van der Waals surface area contributed by atoms with Crippen molar-refractivity contribution in [3.63, 3.8) is 0 Å². The molecule has 0 radical (unpaired) electrons. The van der Waals surface area contributed by atoms with Crippen molar-refractivity contribution in [2.75, 3.05) is 6.61 Å². The van der Waals surface area contributed by atoms with Crippen LogP contribution in [0, 0.1) is 11.8 Å². The number of carbonyl (C=O) groups excluding carboxylic acids is 1. The lowest BCUT2D eigenvalue weighted by molar-refractivity contribution is -0.139. The van der Waals surface area contributed by atoms with E-state index in [9.17, 15) is 4.79 Å². The quantitative estimate of drug-likeness (QED) is 0.484. The fraction of sp³-hybridized carbons (Fsp3) is 0.750. The largest absolute Gasteiger partial charge is 0.462 e. The average Bonchev–Trinajstić information content (AvgIpc) is 2.02. The van der Waals surface area contributed by atoms with E-state index >= 15 is 0 Å². The van der Waals surface area contributed by atoms with Gasteiger partial charge in [-0.2, -0.15) is 0 Å². The lowest BCUT2D eigenvalue weighted by Crippen LogP contribution is -2.10. The van der Waals surface area contributed by atoms with Gasteiger partial charge in [-0.3, -0.25) is 0 Å². The monoisotopic (exact) mass is 198 g/mol. The maximum Gasteiger partial charge on any atom is 0.333 e. The van der Waals surface area contributed by atoms with Crippen LogP contribution in [-0.2, 0) is 9.53 Å². The molecule has 0 amide bonds. The molecule has 0 saturated heterocycles. The zero-order chi connectivity index (χ0) is 11.1. The third-order valence-electron chi connectivity index (χ3n) is 2.07. The van der Waals surface area contributed by atoms with Crippen LogP contribution in [0.15, 0.2) is 12.2 Å². The SMILES string of the molecule is C=C(C)C(=O)OCCC(C)CC(C)C. The van der Waals surface area contributed by atoms with Crippen molar-refractivity contribution in [2.45, 2.75) is 40.5 Å². The predicted molar refractivity (Wildman–Crippen MR) is 59.0 cm³/mol. The zero-order valence-corrected chi connectivity index (χ0v) is 9.80. The van der Waals surface area contributed by atoms with Crippen molar-refractivity contribution in [1.82, 2.24) is 0 Å². The van der Waals surface area contributed by atoms with Gasteiger partial charge in [0.15, 0.2) is 0 Å². The van der Waals surface area contributed by atoms with Gasteiger partial charge in [-0.1, -0.05) is 27.4 Å². The van der Waals surface area contributed by atoms with E-state index in [1.54, 1.807) is 6.92 Å². The molecule has 0 aromatic rings. The second-order valence-corrected chi connectivity index (χ2v) is 4.44. The van der Waals surface area contributed by atoms with E-state index in [1.165, 1.54) is 6.42 Å². The first kappa shape index (κ1) is 13.2. The molecule has 0 rings (SSSR count). The van der Waals surface area contributed by atoms with Crippen molar-refractivity contribution in [3.05, 3.63) is 12.2 Å². The van der Waals surface area contributed by atoms with Gasteiger partial charge in [0.05, 0.1) is 6.61 Å². The Kier molecular flexibility index (Phi) is 6.26. The van der Waals surface area contributed by atoms with Crippen LogP contribution in [0.1, 0.15) is 40.5 Å². The van der Waals surface area contributed by atoms with Crippen LogP contribution in [0.4, 0.5) is 0 Å². The first-order chi connectivity index (χ1) is 6.43. The summed E-state index contributed by atoms with van der Waals surface area (Å²) in [6.45, 7) is 12.3. The topological polar surface area (TPSA) is 26.3 Å². The van der Waals surface area contributed by atoms with E-state index in [0.717, 1.165) is 6.42 Å². The Morgan fingerprint density at radius 1 is 1.36 bits per heavy atom. The van der Waals surface area contributed by atoms with Gasteiger partial charge in [-0.05, 0) is 31.6 Å². The highest BCUT2D eigenvalue weighted by atomic mass is 16.5. The van der Waals surface area contributed by atoms with E-state index in [2.05, 4.69) is 27.4 Å². The molecule has 0 aliphatic rings. The average molecular weight is 198 g/mol. The van der Waals surface area contributed by atoms with Gasteiger partial charge in [0.25, 0.3) is 0 Å². The minimum absolute atomic E-state index is 0.276. The molecule has 2 heteroatoms. The predicted octanol–water partition coefficient (Wildman–Crippen LogP) is 3.18. The summed E-state index contributed by atoms with van der Waals surface area (Å²) >= 11 is 0. The molecule has 1 atom stereocenters. The molecule has 0 heterocycles. The van der Waals surface area contributed by atoms with E-state index in [0.29, 0.717) is 24.0 Å². The number of carbonyl (C=O) groups is 1. The van der Waals surface area contributed by atoms with Gasteiger partial charge >= 0.3 is 5.97 Å². The molecule has 0 spiro atoms. The summed E-state index contributed by atoms with van der Waals surface area (Å²) in [5.41, 5.74) is 0.474. The van der Waals surface area contributed by atoms with Crippen molar-refractivity contribution in [1.29, 1.82) is 0 Å². The van der Waals surface area contributed by atoms with Crippen LogP contribution in [0.2, 0.25) is 0 Å². The molecule has 0 fully saturated rings. The molecular weight excluding hydrogens is 176 g/mol. The summed E-state index contributed by atoms with van der Waals surface area (Å²) in [6, 6.07) is 0. The Hall–Kier alpha value is -0.790. The standard InChI is InChI=1S/C12H22O2/c1-9(2)8-11(5)6-7-14-12(13)10(3)4/h9,11H,3,6-8H2,1-2,4-5H3. The van der Waals surface area contributed by atoms with Gasteiger partial charge in [0.2, 0.25) is 0 Å². The van der Waals surface area contributed by atoms with Gasteiger partial charge in [0.1, 0.15) is 0 Å². The highest BCUT2D eigenvalue weighted by Gasteiger charge is 2.07. The number of rotatable bonds is 6. The van der Waals surface area contributed by atoms with Crippen LogP contribution in [0.5, 0.6) is 0 Å². The summed E-state index contributed by atoms with van der Waals surface area (Å²) in [5, 5.41) is 0. The molecule has 82 valence electrons. The number of hydrogen-bond donors (Lipinski definition) is 0. The van der Waals surface area contributed by atoms with Crippen molar-refractivity contribution >= 4 is 5.97 Å². The fourth-order valence-corrected chi connectivity index (χ4v) is 1.40. The number of ether oxygens (including phenoxy) is 1. The lowest BCUT2D eigenvalue weighted by atomic mass is 9.96. The van der Waals surface area contributed by atoms with Crippen molar-refractivity contribution in [3.8, 4) is 0 Å². The molecular formula is C12H22O2. The van der Waals surface area contributed by atoms with Gasteiger partial charge in [0, 0.05) is 5.57 Å². The summed E-state index contributed by atoms with van der Waals surface area (Å²) in [5.74, 6) is 1.05. The molecule has 0 bridgehead atoms. The molecule has 1 unspecified atom stereocenters. The smallest absolute Gasteiger partial charge is 0.333 e. The van der Waals surface area contributed by atoms with Crippen LogP contribution in [-0.4, -0.2) is 12.6 Å². The van der Waals surface area contributed by atoms with Crippen LogP contribution < -0.4 is 0 Å². The second kappa shape index (κ2) is 6.63. The number of esters is 1. The Morgan fingerprint density at radius 3 is 2.36 bits per heavy atom. The second-order valence-electron chi connectivity index (χ2n) is 4.44. The Bertz CT molecular complexity index is 194. The highest BCUT2D eigenvalue weighted by molar-refractivity contribution is 5.86. The van der Waals surface area contributed by atoms with Crippen LogP contribution >= 0.6 is 0 Å². The van der Waals surface area contributed by atoms with Gasteiger partial charge in [-0.25, -0.2) is 4.79 Å². The number of hydrogen-bond acceptors (Lipinski definition) is 2. The first-order valence-corrected chi connectivity index (χ1v) is 5.26. The molecule has 0 saturated carbocycles. The van der Waals surface area contributed by atoms with Gasteiger partial charge < -0.3 is 4.74 Å². The normalized spacial score (nSPS) is 12.6. The lowest BCUT2D eigenvalue weighted by Gasteiger charge is -2.13. The molecule has 2 nitrogen and oxygen atoms in total. The summed E-state index contributed by atoms with van der Waals surface area (Å²) in [6.07, 6.45) is 2.13. The highest BCUT2D eigenvalue weighted by Crippen LogP contribution is 2.14. The van der Waals surface area contributed by atoms with E-state index in [1.807, 2.05) is 0 Å². The minimum atomic E-state index is -0.276. The zero-order valence-electron chi connectivity index (χ0n) is 9.80. The maximum atomic E-state index is 11.0. The molecule has 14 heavy (non-hydrogen) atoms. The maximum absolute atomic E-state index is 11.0. The molecule has 0 N–H and O–H groups in total. The minimum Gasteiger partial charge on any atom is -0.462 e. The Balaban J connectivity index is 3.54. The van der Waals surface area contributed by atoms with E-state index < -0.39 is 0 Å². The van der Waals surface area contributed by atoms with E-state index in [-0.39, 0.29) is 5.97 Å². The van der Waals surface area contributed by atoms with Crippen LogP contribution in [0.25, 0.3) is 0 Å². The molecule has 0 aromatic heterocycles. The van der Waals surface area contributed by atoms with Gasteiger partial charge in [-0.15, -0.1) is 0 Å². The summed E-state index contributed by atoms with van der Waals surface area (Å²) < 4.78 is 5.02. The van der Waals surface area contributed by atoms with Crippen molar-refractivity contribution in [2.24, 2.45) is 11.8 Å². The summed E-state index contributed by atoms with van der Waals surface area (Å²) in [4.78, 5) is 11.0. The fourth-order valence-electron chi connectivity index (χ4n) is 1.40. The Morgan fingerprint density at radius 2 is 1.93 bits per heavy atom. The van der Waals surface area contributed by atoms with Crippen LogP contribution in [0.3, 0.4) is 0 Å². The third kappa shape index (κ3) is 6.70.